The highest BCUT2D eigenvalue weighted by Gasteiger charge is 2.34. The highest BCUT2D eigenvalue weighted by molar-refractivity contribution is 5.89. The first-order chi connectivity index (χ1) is 47.0. The zero-order chi connectivity index (χ0) is 76.0. The van der Waals surface area contributed by atoms with Crippen LogP contribution in [0.1, 0.15) is 228 Å². The van der Waals surface area contributed by atoms with Crippen LogP contribution in [0.2, 0.25) is 0 Å². The summed E-state index contributed by atoms with van der Waals surface area (Å²) >= 11 is 0. The van der Waals surface area contributed by atoms with Gasteiger partial charge in [-0.3, -0.25) is 0 Å². The van der Waals surface area contributed by atoms with Gasteiger partial charge in [-0.15, -0.1) is 0 Å². The molecule has 6 aromatic rings. The molecule has 99 heavy (non-hydrogen) atoms. The minimum absolute atomic E-state index is 0.0833. The van der Waals surface area contributed by atoms with Crippen molar-refractivity contribution in [2.45, 2.75) is 196 Å². The van der Waals surface area contributed by atoms with E-state index in [1.807, 2.05) is 27.7 Å². The molecule has 20 heteroatoms. The first-order valence-corrected chi connectivity index (χ1v) is 34.0. The Bertz CT molecular complexity index is 2470. The maximum Gasteiger partial charge on any atom is 0.335 e. The highest BCUT2D eigenvalue weighted by Crippen LogP contribution is 2.32. The summed E-state index contributed by atoms with van der Waals surface area (Å²) in [4.78, 5) is 61.2. The number of hydrogen-bond acceptors (Lipinski definition) is 14. The summed E-state index contributed by atoms with van der Waals surface area (Å²) in [6, 6.07) is 49.8. The van der Waals surface area contributed by atoms with E-state index in [4.69, 9.17) is 46.0 Å². The Morgan fingerprint density at radius 3 is 0.657 bits per heavy atom. The van der Waals surface area contributed by atoms with Crippen molar-refractivity contribution in [2.24, 2.45) is 23.2 Å². The average Bonchev–Trinajstić information content (AvgIpc) is 0.880. The van der Waals surface area contributed by atoms with Crippen LogP contribution in [0.3, 0.4) is 0 Å². The first-order valence-electron chi connectivity index (χ1n) is 34.0. The molecule has 0 aliphatic rings. The molecule has 6 rings (SSSR count). The van der Waals surface area contributed by atoms with Crippen molar-refractivity contribution < 1.29 is 100 Å². The normalized spacial score (nSPS) is 12.9. The minimum Gasteiger partial charge on any atom is -0.478 e. The maximum atomic E-state index is 10.2. The van der Waals surface area contributed by atoms with Crippen LogP contribution in [0, 0.1) is 23.2 Å². The molecule has 8 atom stereocenters. The van der Waals surface area contributed by atoms with Crippen LogP contribution in [0.5, 0.6) is 0 Å². The summed E-state index contributed by atoms with van der Waals surface area (Å²) in [5.74, 6) is -4.99. The van der Waals surface area contributed by atoms with Gasteiger partial charge in [-0.2, -0.15) is 0 Å². The lowest BCUT2D eigenvalue weighted by atomic mass is 9.76. The van der Waals surface area contributed by atoms with Gasteiger partial charge in [-0.1, -0.05) is 216 Å². The van der Waals surface area contributed by atoms with Crippen molar-refractivity contribution in [1.29, 1.82) is 0 Å². The fourth-order valence-corrected chi connectivity index (χ4v) is 8.57. The van der Waals surface area contributed by atoms with Gasteiger partial charge in [0.2, 0.25) is 0 Å². The average molecular weight is 1390 g/mol. The number of unbranched alkanes of at least 4 members (excludes halogenated alkanes) is 2. The number of carbonyl (C=O) groups is 6. The van der Waals surface area contributed by atoms with Crippen molar-refractivity contribution in [3.8, 4) is 0 Å². The standard InChI is InChI=1S/2C10H22O2.C9H20O2.C8H18O2.6C7H6O2/c1-5-6-7-10(4,8(2)11)9(3)12;1-3-5-7-9(8-11)10(12)6-4-2;1-3-5-8(7-10)9(11)6-4-2;1-3-5-8(10)7(4-2)6-9;6*8-7(9)6-4-2-1-3-5-6/h8-9,11-12H,5-7H2,1-4H3;9-12H,3-8H2,1-2H3;8-11H,3-7H2,1-2H3;7-10H,3-6H2,1-2H3;6*1-5H,(H,8,9). The molecular weight excluding hydrogens is 1270 g/mol. The highest BCUT2D eigenvalue weighted by atomic mass is 16.4. The van der Waals surface area contributed by atoms with Gasteiger partial charge >= 0.3 is 35.8 Å². The van der Waals surface area contributed by atoms with Crippen molar-refractivity contribution >= 4 is 35.8 Å². The minimum atomic E-state index is -0.879. The molecule has 0 fully saturated rings. The lowest BCUT2D eigenvalue weighted by Gasteiger charge is -2.35. The fourth-order valence-electron chi connectivity index (χ4n) is 8.57. The van der Waals surface area contributed by atoms with E-state index in [1.54, 1.807) is 196 Å². The second-order valence-corrected chi connectivity index (χ2v) is 23.2. The van der Waals surface area contributed by atoms with E-state index in [-0.39, 0.29) is 61.3 Å². The topological polar surface area (TPSA) is 386 Å². The van der Waals surface area contributed by atoms with Gasteiger partial charge in [-0.25, -0.2) is 28.8 Å². The molecule has 0 saturated carbocycles. The predicted octanol–water partition coefficient (Wildman–Crippen LogP) is 14.9. The summed E-state index contributed by atoms with van der Waals surface area (Å²) in [5, 5.41) is 124. The van der Waals surface area contributed by atoms with Crippen LogP contribution in [0.15, 0.2) is 182 Å². The second kappa shape index (κ2) is 63.3. The largest absolute Gasteiger partial charge is 0.478 e. The monoisotopic (exact) mass is 1390 g/mol. The maximum absolute atomic E-state index is 10.2. The van der Waals surface area contributed by atoms with Crippen LogP contribution in [0.25, 0.3) is 0 Å². The lowest BCUT2D eigenvalue weighted by molar-refractivity contribution is -0.0482. The third-order valence-electron chi connectivity index (χ3n) is 15.3. The Hall–Kier alpha value is -8.18. The van der Waals surface area contributed by atoms with Gasteiger partial charge in [0.15, 0.2) is 0 Å². The molecule has 0 aliphatic carbocycles. The quantitative estimate of drug-likeness (QED) is 0.0207. The number of aromatic carboxylic acids is 6. The SMILES string of the molecule is CCCC(O)C(CC)CO.CCCC(O)C(CO)CCC.CCCCC(C)(C(C)O)C(C)O.CCCCC(CO)C(O)CCC.O=C(O)c1ccccc1.O=C(O)c1ccccc1.O=C(O)c1ccccc1.O=C(O)c1ccccc1.O=C(O)c1ccccc1.O=C(O)c1ccccc1. The van der Waals surface area contributed by atoms with Crippen molar-refractivity contribution in [2.75, 3.05) is 19.8 Å². The molecule has 0 amide bonds. The number of carboxylic acids is 6. The van der Waals surface area contributed by atoms with Gasteiger partial charge in [0.05, 0.1) is 63.9 Å². The molecule has 0 bridgehead atoms. The van der Waals surface area contributed by atoms with Crippen LogP contribution in [0.4, 0.5) is 0 Å². The molecule has 554 valence electrons. The zero-order valence-corrected chi connectivity index (χ0v) is 59.9. The summed E-state index contributed by atoms with van der Waals surface area (Å²) in [5.41, 5.74) is 1.65. The van der Waals surface area contributed by atoms with E-state index in [0.717, 1.165) is 96.3 Å². The summed E-state index contributed by atoms with van der Waals surface area (Å²) in [6.07, 6.45) is 12.7. The van der Waals surface area contributed by atoms with Gasteiger partial charge in [-0.05, 0) is 132 Å². The molecule has 0 aliphatic heterocycles. The Morgan fingerprint density at radius 2 is 0.505 bits per heavy atom. The van der Waals surface area contributed by atoms with Crippen molar-refractivity contribution in [3.63, 3.8) is 0 Å². The van der Waals surface area contributed by atoms with Crippen LogP contribution < -0.4 is 0 Å². The molecule has 14 N–H and O–H groups in total. The third-order valence-corrected chi connectivity index (χ3v) is 15.3. The third kappa shape index (κ3) is 50.8. The Morgan fingerprint density at radius 1 is 0.303 bits per heavy atom. The molecule has 0 heterocycles. The number of benzene rings is 6. The number of aliphatic hydroxyl groups is 8. The van der Waals surface area contributed by atoms with Gasteiger partial charge < -0.3 is 71.5 Å². The van der Waals surface area contributed by atoms with E-state index in [2.05, 4.69) is 27.7 Å². The molecule has 0 spiro atoms. The van der Waals surface area contributed by atoms with Crippen LogP contribution >= 0.6 is 0 Å². The number of rotatable bonds is 29. The number of hydrogen-bond donors (Lipinski definition) is 14. The molecule has 20 nitrogen and oxygen atoms in total. The molecule has 0 saturated heterocycles. The first kappa shape index (κ1) is 97.2. The van der Waals surface area contributed by atoms with Crippen LogP contribution in [-0.2, 0) is 0 Å². The molecule has 8 unspecified atom stereocenters. The van der Waals surface area contributed by atoms with E-state index < -0.39 is 48.0 Å². The Balaban J connectivity index is -0.000000507. The van der Waals surface area contributed by atoms with Crippen LogP contribution in [-0.4, -0.2) is 158 Å². The van der Waals surface area contributed by atoms with E-state index in [1.165, 1.54) is 0 Å². The molecule has 6 aromatic carbocycles. The number of carboxylic acid groups (broad SMARTS) is 6. The molecule has 0 radical (unpaired) electrons. The number of aliphatic hydroxyl groups excluding tert-OH is 8. The summed E-state index contributed by atoms with van der Waals surface area (Å²) in [7, 11) is 0. The predicted molar refractivity (Wildman–Crippen MR) is 391 cm³/mol. The zero-order valence-electron chi connectivity index (χ0n) is 59.9. The lowest BCUT2D eigenvalue weighted by Crippen LogP contribution is -2.39. The smallest absolute Gasteiger partial charge is 0.335 e. The van der Waals surface area contributed by atoms with E-state index in [9.17, 15) is 54.3 Å². The second-order valence-electron chi connectivity index (χ2n) is 23.2. The summed E-state index contributed by atoms with van der Waals surface area (Å²) in [6.45, 7) is 20.2. The molecule has 0 aromatic heterocycles. The Labute approximate surface area is 588 Å². The van der Waals surface area contributed by atoms with Gasteiger partial charge in [0.25, 0.3) is 0 Å². The molecular formula is C79H118O20. The Kier molecular flexibility index (Phi) is 62.1. The fraction of sp³-hybridized carbons (Fsp3) is 0.468. The van der Waals surface area contributed by atoms with Gasteiger partial charge in [0, 0.05) is 43.0 Å². The van der Waals surface area contributed by atoms with E-state index >= 15 is 0 Å². The van der Waals surface area contributed by atoms with Gasteiger partial charge in [0.1, 0.15) is 0 Å². The van der Waals surface area contributed by atoms with Crippen molar-refractivity contribution in [1.82, 2.24) is 0 Å². The summed E-state index contributed by atoms with van der Waals surface area (Å²) < 4.78 is 0. The van der Waals surface area contributed by atoms with Crippen molar-refractivity contribution in [3.05, 3.63) is 215 Å². The van der Waals surface area contributed by atoms with E-state index in [0.29, 0.717) is 33.4 Å².